The monoisotopic (exact) mass is 404 g/mol. The molecule has 150 valence electrons. The number of amides is 1. The van der Waals surface area contributed by atoms with E-state index in [0.29, 0.717) is 30.3 Å². The number of likely N-dealkylation sites (N-methyl/N-ethyl adjacent to an activating group) is 1. The number of nitrogens with zero attached hydrogens (tertiary/aromatic N) is 1. The van der Waals surface area contributed by atoms with E-state index in [1.807, 2.05) is 31.2 Å². The lowest BCUT2D eigenvalue weighted by Crippen LogP contribution is -2.42. The summed E-state index contributed by atoms with van der Waals surface area (Å²) in [4.78, 5) is 13.0. The second-order valence-corrected chi connectivity index (χ2v) is 8.77. The van der Waals surface area contributed by atoms with Gasteiger partial charge in [-0.1, -0.05) is 36.4 Å². The lowest BCUT2D eigenvalue weighted by Gasteiger charge is -2.27. The number of carbonyl (C=O) groups is 1. The number of sulfonamides is 1. The zero-order valence-electron chi connectivity index (χ0n) is 16.1. The molecular weight excluding hydrogens is 380 g/mol. The molecule has 0 aromatic heterocycles. The van der Waals surface area contributed by atoms with Crippen molar-refractivity contribution < 1.29 is 22.7 Å². The molecular formula is C20H24N2O5S. The summed E-state index contributed by atoms with van der Waals surface area (Å²) in [7, 11) is -2.17. The first kappa shape index (κ1) is 20.2. The summed E-state index contributed by atoms with van der Waals surface area (Å²) in [6.07, 6.45) is 1.08. The van der Waals surface area contributed by atoms with E-state index in [1.54, 1.807) is 24.3 Å². The molecule has 0 radical (unpaired) electrons. The van der Waals surface area contributed by atoms with Crippen LogP contribution in [0.2, 0.25) is 0 Å². The molecule has 28 heavy (non-hydrogen) atoms. The maximum absolute atomic E-state index is 13.0. The third-order valence-corrected chi connectivity index (χ3v) is 5.93. The highest BCUT2D eigenvalue weighted by Gasteiger charge is 2.31. The molecule has 1 amide bonds. The molecule has 3 rings (SSSR count). The minimum absolute atomic E-state index is 0.345. The number of hydrogen-bond donors (Lipinski definition) is 1. The Labute approximate surface area is 165 Å². The Morgan fingerprint density at radius 1 is 1.04 bits per heavy atom. The van der Waals surface area contributed by atoms with E-state index in [-0.39, 0.29) is 6.04 Å². The van der Waals surface area contributed by atoms with Crippen LogP contribution in [0.15, 0.2) is 48.5 Å². The summed E-state index contributed by atoms with van der Waals surface area (Å²) < 4.78 is 36.4. The van der Waals surface area contributed by atoms with Crippen molar-refractivity contribution in [1.29, 1.82) is 0 Å². The first-order valence-electron chi connectivity index (χ1n) is 8.95. The minimum atomic E-state index is -3.57. The lowest BCUT2D eigenvalue weighted by molar-refractivity contribution is -0.125. The molecule has 1 aliphatic rings. The molecule has 0 saturated carbocycles. The number of carbonyl (C=O) groups excluding carboxylic acids is 1. The summed E-state index contributed by atoms with van der Waals surface area (Å²) in [6, 6.07) is 13.0. The standard InChI is InChI=1S/C20H24N2O5S/c1-14(16-9-10-17-18(13-16)27-12-11-26-17)21-20(23)19(22(2)28(3,24)25)15-7-5-4-6-8-15/h4-10,13-14,19H,11-12H2,1-3H3,(H,21,23)/t14-,19+/m0/s1. The molecule has 1 heterocycles. The van der Waals surface area contributed by atoms with Gasteiger partial charge >= 0.3 is 0 Å². The maximum Gasteiger partial charge on any atom is 0.243 e. The molecule has 0 fully saturated rings. The molecule has 1 aliphatic heterocycles. The fourth-order valence-electron chi connectivity index (χ4n) is 3.06. The zero-order valence-corrected chi connectivity index (χ0v) is 16.9. The van der Waals surface area contributed by atoms with Gasteiger partial charge in [0.2, 0.25) is 15.9 Å². The molecule has 0 saturated heterocycles. The summed E-state index contributed by atoms with van der Waals surface area (Å²) in [6.45, 7) is 2.83. The first-order valence-corrected chi connectivity index (χ1v) is 10.8. The summed E-state index contributed by atoms with van der Waals surface area (Å²) in [5.74, 6) is 0.909. The van der Waals surface area contributed by atoms with Crippen molar-refractivity contribution in [3.63, 3.8) is 0 Å². The van der Waals surface area contributed by atoms with Crippen LogP contribution in [-0.4, -0.2) is 45.1 Å². The lowest BCUT2D eigenvalue weighted by atomic mass is 10.0. The van der Waals surface area contributed by atoms with Crippen LogP contribution in [0, 0.1) is 0 Å². The van der Waals surface area contributed by atoms with Crippen LogP contribution >= 0.6 is 0 Å². The van der Waals surface area contributed by atoms with Gasteiger partial charge in [0.05, 0.1) is 12.3 Å². The van der Waals surface area contributed by atoms with Gasteiger partial charge in [-0.05, 0) is 30.2 Å². The molecule has 0 bridgehead atoms. The van der Waals surface area contributed by atoms with Crippen LogP contribution < -0.4 is 14.8 Å². The smallest absolute Gasteiger partial charge is 0.243 e. The Morgan fingerprint density at radius 2 is 1.68 bits per heavy atom. The predicted molar refractivity (Wildman–Crippen MR) is 106 cm³/mol. The van der Waals surface area contributed by atoms with Gasteiger partial charge in [0.15, 0.2) is 11.5 Å². The van der Waals surface area contributed by atoms with Gasteiger partial charge in [0, 0.05) is 7.05 Å². The Kier molecular flexibility index (Phi) is 5.90. The Balaban J connectivity index is 1.83. The van der Waals surface area contributed by atoms with Crippen LogP contribution in [0.25, 0.3) is 0 Å². The minimum Gasteiger partial charge on any atom is -0.486 e. The average molecular weight is 404 g/mol. The van der Waals surface area contributed by atoms with E-state index < -0.39 is 22.0 Å². The Morgan fingerprint density at radius 3 is 2.32 bits per heavy atom. The summed E-state index contributed by atoms with van der Waals surface area (Å²) >= 11 is 0. The second-order valence-electron chi connectivity index (χ2n) is 6.73. The highest BCUT2D eigenvalue weighted by molar-refractivity contribution is 7.88. The van der Waals surface area contributed by atoms with Gasteiger partial charge in [0.1, 0.15) is 19.3 Å². The van der Waals surface area contributed by atoms with Crippen molar-refractivity contribution in [3.8, 4) is 11.5 Å². The van der Waals surface area contributed by atoms with E-state index in [0.717, 1.165) is 16.1 Å². The van der Waals surface area contributed by atoms with Crippen LogP contribution in [0.4, 0.5) is 0 Å². The van der Waals surface area contributed by atoms with Crippen molar-refractivity contribution in [3.05, 3.63) is 59.7 Å². The van der Waals surface area contributed by atoms with Crippen molar-refractivity contribution in [2.24, 2.45) is 0 Å². The van der Waals surface area contributed by atoms with Gasteiger partial charge < -0.3 is 14.8 Å². The topological polar surface area (TPSA) is 84.9 Å². The third kappa shape index (κ3) is 4.45. The van der Waals surface area contributed by atoms with E-state index in [1.165, 1.54) is 7.05 Å². The highest BCUT2D eigenvalue weighted by Crippen LogP contribution is 2.33. The Hall–Kier alpha value is -2.58. The summed E-state index contributed by atoms with van der Waals surface area (Å²) in [5.41, 5.74) is 1.44. The fourth-order valence-corrected chi connectivity index (χ4v) is 3.66. The van der Waals surface area contributed by atoms with E-state index in [4.69, 9.17) is 9.47 Å². The number of ether oxygens (including phenoxy) is 2. The molecule has 0 aliphatic carbocycles. The average Bonchev–Trinajstić information content (AvgIpc) is 2.67. The molecule has 7 nitrogen and oxygen atoms in total. The predicted octanol–water partition coefficient (Wildman–Crippen LogP) is 2.27. The molecule has 0 unspecified atom stereocenters. The highest BCUT2D eigenvalue weighted by atomic mass is 32.2. The molecule has 1 N–H and O–H groups in total. The van der Waals surface area contributed by atoms with Crippen LogP contribution in [-0.2, 0) is 14.8 Å². The van der Waals surface area contributed by atoms with Crippen LogP contribution in [0.5, 0.6) is 11.5 Å². The fraction of sp³-hybridized carbons (Fsp3) is 0.350. The molecule has 2 aromatic rings. The first-order chi connectivity index (χ1) is 13.3. The maximum atomic E-state index is 13.0. The van der Waals surface area contributed by atoms with E-state index >= 15 is 0 Å². The van der Waals surface area contributed by atoms with Crippen LogP contribution in [0.1, 0.15) is 30.1 Å². The molecule has 2 aromatic carbocycles. The van der Waals surface area contributed by atoms with Crippen molar-refractivity contribution in [2.75, 3.05) is 26.5 Å². The van der Waals surface area contributed by atoms with Crippen LogP contribution in [0.3, 0.4) is 0 Å². The number of fused-ring (bicyclic) bond motifs is 1. The third-order valence-electron chi connectivity index (χ3n) is 4.68. The second kappa shape index (κ2) is 8.20. The van der Waals surface area contributed by atoms with Crippen molar-refractivity contribution in [1.82, 2.24) is 9.62 Å². The van der Waals surface area contributed by atoms with E-state index in [9.17, 15) is 13.2 Å². The van der Waals surface area contributed by atoms with Crippen molar-refractivity contribution in [2.45, 2.75) is 19.0 Å². The number of rotatable bonds is 6. The van der Waals surface area contributed by atoms with Gasteiger partial charge in [-0.3, -0.25) is 4.79 Å². The normalized spacial score (nSPS) is 15.7. The number of hydrogen-bond acceptors (Lipinski definition) is 5. The molecule has 8 heteroatoms. The Bertz CT molecular complexity index is 946. The molecule has 0 spiro atoms. The summed E-state index contributed by atoms with van der Waals surface area (Å²) in [5, 5.41) is 2.91. The van der Waals surface area contributed by atoms with Gasteiger partial charge in [-0.15, -0.1) is 0 Å². The quantitative estimate of drug-likeness (QED) is 0.798. The SMILES string of the molecule is C[C@H](NC(=O)[C@@H](c1ccccc1)N(C)S(C)(=O)=O)c1ccc2c(c1)OCCO2. The molecule has 2 atom stereocenters. The number of nitrogens with one attached hydrogen (secondary N) is 1. The van der Waals surface area contributed by atoms with Gasteiger partial charge in [-0.2, -0.15) is 4.31 Å². The van der Waals surface area contributed by atoms with Crippen molar-refractivity contribution >= 4 is 15.9 Å². The van der Waals surface area contributed by atoms with Gasteiger partial charge in [0.25, 0.3) is 0 Å². The zero-order chi connectivity index (χ0) is 20.3. The number of benzene rings is 2. The van der Waals surface area contributed by atoms with E-state index in [2.05, 4.69) is 5.32 Å². The van der Waals surface area contributed by atoms with Gasteiger partial charge in [-0.25, -0.2) is 8.42 Å². The largest absolute Gasteiger partial charge is 0.486 e.